The number of nitrogens with zero attached hydrogens (tertiary/aromatic N) is 2. The topological polar surface area (TPSA) is 65.2 Å². The molecule has 6 heteroatoms. The second-order valence-electron chi connectivity index (χ2n) is 4.23. The van der Waals surface area contributed by atoms with Crippen molar-refractivity contribution in [2.45, 2.75) is 26.9 Å². The SMILES string of the molecule is CC(C)=CC(=O)O[C@H](C)c1nc(-c2cccs2)no1. The molecule has 0 N–H and O–H groups in total. The van der Waals surface area contributed by atoms with Crippen LogP contribution in [-0.4, -0.2) is 16.1 Å². The third-order valence-corrected chi connectivity index (χ3v) is 3.10. The van der Waals surface area contributed by atoms with Crippen molar-refractivity contribution in [3.63, 3.8) is 0 Å². The van der Waals surface area contributed by atoms with E-state index < -0.39 is 12.1 Å². The molecule has 0 saturated heterocycles. The van der Waals surface area contributed by atoms with E-state index in [9.17, 15) is 4.79 Å². The van der Waals surface area contributed by atoms with Gasteiger partial charge in [-0.1, -0.05) is 16.8 Å². The van der Waals surface area contributed by atoms with Gasteiger partial charge in [-0.2, -0.15) is 4.98 Å². The van der Waals surface area contributed by atoms with Crippen LogP contribution < -0.4 is 0 Å². The Hall–Kier alpha value is -1.95. The second kappa shape index (κ2) is 5.79. The van der Waals surface area contributed by atoms with Crippen molar-refractivity contribution in [3.8, 4) is 10.7 Å². The van der Waals surface area contributed by atoms with Crippen molar-refractivity contribution in [2.24, 2.45) is 0 Å². The highest BCUT2D eigenvalue weighted by atomic mass is 32.1. The van der Waals surface area contributed by atoms with E-state index in [1.165, 1.54) is 17.4 Å². The molecule has 1 atom stereocenters. The molecule has 0 aliphatic heterocycles. The molecular weight excluding hydrogens is 264 g/mol. The van der Waals surface area contributed by atoms with E-state index in [4.69, 9.17) is 9.26 Å². The quantitative estimate of drug-likeness (QED) is 0.633. The van der Waals surface area contributed by atoms with E-state index in [0.717, 1.165) is 10.5 Å². The number of carbonyl (C=O) groups excluding carboxylic acids is 1. The molecule has 0 radical (unpaired) electrons. The number of hydrogen-bond donors (Lipinski definition) is 0. The first-order valence-corrected chi connectivity index (χ1v) is 6.67. The first-order chi connectivity index (χ1) is 9.06. The number of allylic oxidation sites excluding steroid dienone is 1. The monoisotopic (exact) mass is 278 g/mol. The minimum atomic E-state index is -0.565. The standard InChI is InChI=1S/C13H14N2O3S/c1-8(2)7-11(16)17-9(3)13-14-12(15-18-13)10-5-4-6-19-10/h4-7,9H,1-3H3/t9-/m1/s1. The van der Waals surface area contributed by atoms with Gasteiger partial charge >= 0.3 is 5.97 Å². The molecule has 0 aliphatic carbocycles. The first kappa shape index (κ1) is 13.5. The van der Waals surface area contributed by atoms with Crippen molar-refractivity contribution >= 4 is 17.3 Å². The molecular formula is C13H14N2O3S. The lowest BCUT2D eigenvalue weighted by molar-refractivity contribution is -0.143. The average Bonchev–Trinajstić information content (AvgIpc) is 2.99. The van der Waals surface area contributed by atoms with Crippen molar-refractivity contribution in [1.82, 2.24) is 10.1 Å². The molecule has 0 aliphatic rings. The summed E-state index contributed by atoms with van der Waals surface area (Å²) in [5.74, 6) is 0.386. The van der Waals surface area contributed by atoms with Crippen LogP contribution in [0.2, 0.25) is 0 Å². The molecule has 0 fully saturated rings. The van der Waals surface area contributed by atoms with E-state index in [-0.39, 0.29) is 0 Å². The van der Waals surface area contributed by atoms with Crippen molar-refractivity contribution in [1.29, 1.82) is 0 Å². The van der Waals surface area contributed by atoms with Crippen LogP contribution in [0.1, 0.15) is 32.8 Å². The molecule has 2 heterocycles. The molecule has 0 aromatic carbocycles. The second-order valence-corrected chi connectivity index (χ2v) is 5.18. The summed E-state index contributed by atoms with van der Waals surface area (Å²) in [7, 11) is 0. The lowest BCUT2D eigenvalue weighted by atomic mass is 10.3. The Balaban J connectivity index is 2.06. The molecule has 5 nitrogen and oxygen atoms in total. The van der Waals surface area contributed by atoms with Gasteiger partial charge < -0.3 is 9.26 Å². The van der Waals surface area contributed by atoms with Crippen LogP contribution in [0.25, 0.3) is 10.7 Å². The predicted molar refractivity (Wildman–Crippen MR) is 71.5 cm³/mol. The minimum absolute atomic E-state index is 0.291. The van der Waals surface area contributed by atoms with Gasteiger partial charge in [0.1, 0.15) is 0 Å². The van der Waals surface area contributed by atoms with Crippen LogP contribution in [0.5, 0.6) is 0 Å². The summed E-state index contributed by atoms with van der Waals surface area (Å²) < 4.78 is 10.3. The van der Waals surface area contributed by atoms with E-state index in [1.807, 2.05) is 31.4 Å². The van der Waals surface area contributed by atoms with E-state index in [1.54, 1.807) is 6.92 Å². The van der Waals surface area contributed by atoms with E-state index >= 15 is 0 Å². The highest BCUT2D eigenvalue weighted by Gasteiger charge is 2.18. The van der Waals surface area contributed by atoms with Gasteiger partial charge in [0.2, 0.25) is 5.82 Å². The fourth-order valence-electron chi connectivity index (χ4n) is 1.40. The zero-order valence-electron chi connectivity index (χ0n) is 10.9. The van der Waals surface area contributed by atoms with Gasteiger partial charge in [0, 0.05) is 6.08 Å². The Morgan fingerprint density at radius 3 is 2.95 bits per heavy atom. The molecule has 0 saturated carbocycles. The molecule has 19 heavy (non-hydrogen) atoms. The fourth-order valence-corrected chi connectivity index (χ4v) is 2.05. The smallest absolute Gasteiger partial charge is 0.331 e. The number of ether oxygens (including phenoxy) is 1. The summed E-state index contributed by atoms with van der Waals surface area (Å²) in [5, 5.41) is 5.80. The normalized spacial score (nSPS) is 11.9. The van der Waals surface area contributed by atoms with E-state index in [2.05, 4.69) is 10.1 Å². The lowest BCUT2D eigenvalue weighted by Gasteiger charge is -2.06. The molecule has 2 aromatic heterocycles. The molecule has 0 bridgehead atoms. The summed E-state index contributed by atoms with van der Waals surface area (Å²) in [6.45, 7) is 5.35. The molecule has 2 aromatic rings. The van der Waals surface area contributed by atoms with Crippen LogP contribution in [-0.2, 0) is 9.53 Å². The van der Waals surface area contributed by atoms with Crippen molar-refractivity contribution in [3.05, 3.63) is 35.1 Å². The number of hydrogen-bond acceptors (Lipinski definition) is 6. The number of rotatable bonds is 4. The van der Waals surface area contributed by atoms with Crippen LogP contribution in [0.4, 0.5) is 0 Å². The van der Waals surface area contributed by atoms with Crippen LogP contribution in [0.3, 0.4) is 0 Å². The van der Waals surface area contributed by atoms with Crippen molar-refractivity contribution in [2.75, 3.05) is 0 Å². The number of esters is 1. The third-order valence-electron chi connectivity index (χ3n) is 2.23. The fraction of sp³-hybridized carbons (Fsp3) is 0.308. The van der Waals surface area contributed by atoms with Gasteiger partial charge in [0.05, 0.1) is 4.88 Å². The number of aromatic nitrogens is 2. The first-order valence-electron chi connectivity index (χ1n) is 5.79. The minimum Gasteiger partial charge on any atom is -0.449 e. The Kier molecular flexibility index (Phi) is 4.11. The van der Waals surface area contributed by atoms with Gasteiger partial charge in [0.15, 0.2) is 6.10 Å². The molecule has 100 valence electrons. The van der Waals surface area contributed by atoms with E-state index in [0.29, 0.717) is 11.7 Å². The highest BCUT2D eigenvalue weighted by Crippen LogP contribution is 2.24. The summed E-state index contributed by atoms with van der Waals surface area (Å²) in [6.07, 6.45) is 0.858. The zero-order valence-corrected chi connectivity index (χ0v) is 11.7. The van der Waals surface area contributed by atoms with Gasteiger partial charge in [0.25, 0.3) is 5.89 Å². The third kappa shape index (κ3) is 3.51. The summed E-state index contributed by atoms with van der Waals surface area (Å²) in [6, 6.07) is 3.81. The van der Waals surface area contributed by atoms with Gasteiger partial charge in [-0.3, -0.25) is 0 Å². The summed E-state index contributed by atoms with van der Waals surface area (Å²) in [4.78, 5) is 16.6. The lowest BCUT2D eigenvalue weighted by Crippen LogP contribution is -2.06. The summed E-state index contributed by atoms with van der Waals surface area (Å²) in [5.41, 5.74) is 0.877. The molecule has 0 unspecified atom stereocenters. The molecule has 0 spiro atoms. The van der Waals surface area contributed by atoms with Crippen LogP contribution in [0, 0.1) is 0 Å². The van der Waals surface area contributed by atoms with Gasteiger partial charge in [-0.15, -0.1) is 11.3 Å². The predicted octanol–water partition coefficient (Wildman–Crippen LogP) is 3.37. The molecule has 0 amide bonds. The average molecular weight is 278 g/mol. The van der Waals surface area contributed by atoms with Gasteiger partial charge in [-0.05, 0) is 32.2 Å². The Morgan fingerprint density at radius 2 is 2.32 bits per heavy atom. The van der Waals surface area contributed by atoms with Crippen LogP contribution >= 0.6 is 11.3 Å². The Bertz CT molecular complexity index is 583. The number of thiophene rings is 1. The van der Waals surface area contributed by atoms with Crippen LogP contribution in [0.15, 0.2) is 33.7 Å². The maximum atomic E-state index is 11.5. The van der Waals surface area contributed by atoms with Gasteiger partial charge in [-0.25, -0.2) is 4.79 Å². The maximum absolute atomic E-state index is 11.5. The highest BCUT2D eigenvalue weighted by molar-refractivity contribution is 7.13. The maximum Gasteiger partial charge on any atom is 0.331 e. The Labute approximate surface area is 114 Å². The zero-order chi connectivity index (χ0) is 13.8. The van der Waals surface area contributed by atoms with Crippen molar-refractivity contribution < 1.29 is 14.1 Å². The Morgan fingerprint density at radius 1 is 1.53 bits per heavy atom. The number of carbonyl (C=O) groups is 1. The summed E-state index contributed by atoms with van der Waals surface area (Å²) >= 11 is 1.52. The molecule has 2 rings (SSSR count). The largest absolute Gasteiger partial charge is 0.449 e.